The standard InChI is InChI=1S/C38H52N10O8/c1-24(2)19-29(33(50)42-21-32(49)47-18-10-16-30(47)34(51)43-28(36(53)54)15-9-17-41-37(39)40)44-35(52)31-20-27(46-45-26-13-7-4-8-14-26)22-48(31)38(55)56-23-25-11-5-3-6-12-25/h3-8,11-14,24,27-31H,9-10,15-23H2,1-2H3,(H,42,50)(H,43,51)(H,44,52)(H,53,54)(H4,39,40,41)/t27?,28?,29?,30-,31-/m0/s1. The third-order valence-corrected chi connectivity index (χ3v) is 9.30. The summed E-state index contributed by atoms with van der Waals surface area (Å²) in [4.78, 5) is 85.5. The predicted octanol–water partition coefficient (Wildman–Crippen LogP) is 1.81. The molecule has 2 aromatic carbocycles. The summed E-state index contributed by atoms with van der Waals surface area (Å²) >= 11 is 0. The Bertz CT molecular complexity index is 1720. The third-order valence-electron chi connectivity index (χ3n) is 9.30. The summed E-state index contributed by atoms with van der Waals surface area (Å²) in [6, 6.07) is 13.4. The number of benzene rings is 2. The summed E-state index contributed by atoms with van der Waals surface area (Å²) in [5, 5.41) is 26.2. The van der Waals surface area contributed by atoms with Crippen molar-refractivity contribution in [3.05, 3.63) is 66.2 Å². The van der Waals surface area contributed by atoms with Crippen LogP contribution in [0.15, 0.2) is 75.9 Å². The lowest BCUT2D eigenvalue weighted by Gasteiger charge is -2.27. The maximum atomic E-state index is 13.9. The third kappa shape index (κ3) is 13.1. The maximum absolute atomic E-state index is 13.9. The van der Waals surface area contributed by atoms with E-state index in [4.69, 9.17) is 16.2 Å². The Morgan fingerprint density at radius 1 is 0.911 bits per heavy atom. The number of aliphatic imine (C=N–C) groups is 1. The van der Waals surface area contributed by atoms with Crippen LogP contribution in [0, 0.1) is 5.92 Å². The van der Waals surface area contributed by atoms with Crippen molar-refractivity contribution in [2.75, 3.05) is 26.2 Å². The zero-order valence-electron chi connectivity index (χ0n) is 31.7. The summed E-state index contributed by atoms with van der Waals surface area (Å²) in [5.74, 6) is -3.78. The van der Waals surface area contributed by atoms with Crippen molar-refractivity contribution in [1.29, 1.82) is 0 Å². The highest BCUT2D eigenvalue weighted by Gasteiger charge is 2.42. The number of likely N-dealkylation sites (tertiary alicyclic amines) is 2. The van der Waals surface area contributed by atoms with Crippen molar-refractivity contribution in [2.24, 2.45) is 32.6 Å². The predicted molar refractivity (Wildman–Crippen MR) is 205 cm³/mol. The van der Waals surface area contributed by atoms with E-state index in [1.807, 2.05) is 62.4 Å². The number of rotatable bonds is 18. The number of ether oxygens (including phenoxy) is 1. The molecular weight excluding hydrogens is 724 g/mol. The Labute approximate surface area is 325 Å². The summed E-state index contributed by atoms with van der Waals surface area (Å²) in [7, 11) is 0. The molecule has 0 spiro atoms. The lowest BCUT2D eigenvalue weighted by Crippen LogP contribution is -2.55. The number of carbonyl (C=O) groups is 6. The van der Waals surface area contributed by atoms with Crippen LogP contribution in [0.3, 0.4) is 0 Å². The Hall–Kier alpha value is -6.07. The second-order valence-corrected chi connectivity index (χ2v) is 14.2. The number of aliphatic carboxylic acids is 1. The Morgan fingerprint density at radius 2 is 1.57 bits per heavy atom. The number of carboxylic acids is 1. The summed E-state index contributed by atoms with van der Waals surface area (Å²) in [5.41, 5.74) is 12.0. The Balaban J connectivity index is 1.38. The van der Waals surface area contributed by atoms with Crippen molar-refractivity contribution in [3.8, 4) is 0 Å². The van der Waals surface area contributed by atoms with Gasteiger partial charge in [-0.15, -0.1) is 0 Å². The molecule has 0 aromatic heterocycles. The average Bonchev–Trinajstić information content (AvgIpc) is 3.85. The molecule has 56 heavy (non-hydrogen) atoms. The molecule has 2 fully saturated rings. The molecule has 302 valence electrons. The first-order chi connectivity index (χ1) is 26.8. The molecule has 2 aliphatic heterocycles. The van der Waals surface area contributed by atoms with Gasteiger partial charge in [-0.2, -0.15) is 10.2 Å². The molecule has 4 rings (SSSR count). The number of amides is 5. The van der Waals surface area contributed by atoms with Crippen LogP contribution in [0.4, 0.5) is 10.5 Å². The number of carbonyl (C=O) groups excluding carboxylic acids is 5. The average molecular weight is 777 g/mol. The fourth-order valence-corrected chi connectivity index (χ4v) is 6.52. The summed E-state index contributed by atoms with van der Waals surface area (Å²) in [6.07, 6.45) is 0.839. The topological polar surface area (TPSA) is 264 Å². The molecule has 2 heterocycles. The van der Waals surface area contributed by atoms with E-state index in [0.29, 0.717) is 24.9 Å². The minimum atomic E-state index is -1.23. The second-order valence-electron chi connectivity index (χ2n) is 14.2. The lowest BCUT2D eigenvalue weighted by atomic mass is 10.0. The van der Waals surface area contributed by atoms with Gasteiger partial charge >= 0.3 is 12.1 Å². The second kappa shape index (κ2) is 21.1. The van der Waals surface area contributed by atoms with Gasteiger partial charge in [0.2, 0.25) is 23.6 Å². The quantitative estimate of drug-likeness (QED) is 0.0554. The first-order valence-electron chi connectivity index (χ1n) is 18.7. The minimum absolute atomic E-state index is 0.00646. The van der Waals surface area contributed by atoms with Crippen molar-refractivity contribution in [1.82, 2.24) is 25.8 Å². The molecule has 8 N–H and O–H groups in total. The number of guanidine groups is 1. The number of nitrogens with two attached hydrogens (primary N) is 2. The van der Waals surface area contributed by atoms with Crippen LogP contribution in [0.2, 0.25) is 0 Å². The van der Waals surface area contributed by atoms with Gasteiger partial charge in [-0.05, 0) is 55.7 Å². The van der Waals surface area contributed by atoms with Crippen molar-refractivity contribution in [2.45, 2.75) is 89.2 Å². The highest BCUT2D eigenvalue weighted by molar-refractivity contribution is 5.95. The largest absolute Gasteiger partial charge is 0.480 e. The number of azo groups is 1. The molecule has 0 radical (unpaired) electrons. The van der Waals surface area contributed by atoms with E-state index in [1.54, 1.807) is 12.1 Å². The smallest absolute Gasteiger partial charge is 0.410 e. The van der Waals surface area contributed by atoms with Gasteiger partial charge in [-0.3, -0.25) is 29.1 Å². The van der Waals surface area contributed by atoms with E-state index in [1.165, 1.54) is 9.80 Å². The highest BCUT2D eigenvalue weighted by atomic mass is 16.6. The Kier molecular flexibility index (Phi) is 16.1. The van der Waals surface area contributed by atoms with Crippen LogP contribution in [0.1, 0.15) is 57.9 Å². The van der Waals surface area contributed by atoms with Crippen LogP contribution < -0.4 is 27.4 Å². The highest BCUT2D eigenvalue weighted by Crippen LogP contribution is 2.25. The fraction of sp³-hybridized carbons (Fsp3) is 0.500. The number of carboxylic acid groups (broad SMARTS) is 1. The first kappa shape index (κ1) is 42.7. The molecular formula is C38H52N10O8. The van der Waals surface area contributed by atoms with Crippen LogP contribution >= 0.6 is 0 Å². The van der Waals surface area contributed by atoms with E-state index in [2.05, 4.69) is 31.2 Å². The molecule has 18 nitrogen and oxygen atoms in total. The van der Waals surface area contributed by atoms with Gasteiger partial charge in [0.15, 0.2) is 5.96 Å². The van der Waals surface area contributed by atoms with Crippen LogP contribution in [-0.2, 0) is 35.3 Å². The Morgan fingerprint density at radius 3 is 2.23 bits per heavy atom. The van der Waals surface area contributed by atoms with Gasteiger partial charge in [0.1, 0.15) is 30.8 Å². The van der Waals surface area contributed by atoms with Crippen LogP contribution in [0.25, 0.3) is 0 Å². The van der Waals surface area contributed by atoms with E-state index >= 15 is 0 Å². The normalized spacial score (nSPS) is 18.9. The summed E-state index contributed by atoms with van der Waals surface area (Å²) in [6.45, 7) is 3.77. The van der Waals surface area contributed by atoms with Crippen LogP contribution in [-0.4, -0.2) is 113 Å². The lowest BCUT2D eigenvalue weighted by molar-refractivity contribution is -0.144. The molecule has 5 atom stereocenters. The van der Waals surface area contributed by atoms with Gasteiger partial charge in [-0.1, -0.05) is 62.4 Å². The zero-order valence-corrected chi connectivity index (χ0v) is 31.7. The molecule has 2 saturated heterocycles. The fourth-order valence-electron chi connectivity index (χ4n) is 6.52. The van der Waals surface area contributed by atoms with Gasteiger partial charge in [-0.25, -0.2) is 9.59 Å². The van der Waals surface area contributed by atoms with Crippen molar-refractivity contribution < 1.29 is 38.6 Å². The molecule has 0 bridgehead atoms. The number of nitrogens with one attached hydrogen (secondary N) is 3. The SMILES string of the molecule is CC(C)CC(NC(=O)[C@@H]1CC(N=Nc2ccccc2)CN1C(=O)OCc1ccccc1)C(=O)NCC(=O)N1CCC[C@H]1C(=O)NC(CCCN=C(N)N)C(=O)O. The van der Waals surface area contributed by atoms with Gasteiger partial charge in [0, 0.05) is 26.1 Å². The molecule has 0 saturated carbocycles. The molecule has 0 aliphatic carbocycles. The summed E-state index contributed by atoms with van der Waals surface area (Å²) < 4.78 is 5.56. The maximum Gasteiger partial charge on any atom is 0.410 e. The van der Waals surface area contributed by atoms with E-state index < -0.39 is 72.4 Å². The van der Waals surface area contributed by atoms with E-state index in [-0.39, 0.29) is 57.4 Å². The zero-order chi connectivity index (χ0) is 40.6. The van der Waals surface area contributed by atoms with E-state index in [0.717, 1.165) is 5.56 Å². The number of hydrogen-bond donors (Lipinski definition) is 6. The minimum Gasteiger partial charge on any atom is -0.480 e. The van der Waals surface area contributed by atoms with Crippen molar-refractivity contribution >= 4 is 47.3 Å². The van der Waals surface area contributed by atoms with Gasteiger partial charge < -0.3 is 42.2 Å². The van der Waals surface area contributed by atoms with Crippen LogP contribution in [0.5, 0.6) is 0 Å². The van der Waals surface area contributed by atoms with Gasteiger partial charge in [0.25, 0.3) is 0 Å². The monoisotopic (exact) mass is 776 g/mol. The molecule has 18 heteroatoms. The molecule has 2 aliphatic rings. The number of hydrogen-bond acceptors (Lipinski definition) is 10. The van der Waals surface area contributed by atoms with E-state index in [9.17, 15) is 33.9 Å². The van der Waals surface area contributed by atoms with Gasteiger partial charge in [0.05, 0.1) is 18.3 Å². The first-order valence-corrected chi connectivity index (χ1v) is 18.7. The molecule has 2 aromatic rings. The van der Waals surface area contributed by atoms with Crippen molar-refractivity contribution in [3.63, 3.8) is 0 Å². The number of nitrogens with zero attached hydrogens (tertiary/aromatic N) is 5. The molecule has 5 amide bonds. The molecule has 3 unspecified atom stereocenters.